The number of hydrogen-bond acceptors (Lipinski definition) is 7. The molecule has 0 aliphatic heterocycles. The lowest BCUT2D eigenvalue weighted by Gasteiger charge is -2.04. The molecule has 11 heteroatoms. The fraction of sp³-hybridized carbons (Fsp3) is 0.686. The van der Waals surface area contributed by atoms with Crippen molar-refractivity contribution in [1.82, 2.24) is 0 Å². The van der Waals surface area contributed by atoms with Gasteiger partial charge in [0.1, 0.15) is 5.75 Å². The Kier molecular flexibility index (Phi) is 53.1. The van der Waals surface area contributed by atoms with Gasteiger partial charge < -0.3 is 31.9 Å². The molecule has 8 N–H and O–H groups in total. The molecule has 0 saturated heterocycles. The molecular weight excluding hydrogens is 801 g/mol. The Morgan fingerprint density at radius 1 is 0.500 bits per heavy atom. The average Bonchev–Trinajstić information content (AvgIpc) is 3.11. The first-order valence-electron chi connectivity index (χ1n) is 22.5. The minimum absolute atomic E-state index is 0.148. The number of carbonyl (C=O) groups is 4. The van der Waals surface area contributed by atoms with Crippen molar-refractivity contribution in [2.24, 2.45) is 58.8 Å². The molecular formula is C51H96N2O8S. The maximum Gasteiger partial charge on any atom is 0.303 e. The number of phenolic OH excluding ortho intramolecular Hbond substituents is 1. The average molecular weight is 897 g/mol. The lowest BCUT2D eigenvalue weighted by atomic mass is 10.0. The zero-order valence-electron chi connectivity index (χ0n) is 42.3. The minimum atomic E-state index is -0.713. The van der Waals surface area contributed by atoms with Gasteiger partial charge >= 0.3 is 11.9 Å². The van der Waals surface area contributed by atoms with Crippen molar-refractivity contribution in [3.63, 3.8) is 0 Å². The molecule has 2 aromatic rings. The van der Waals surface area contributed by atoms with Crippen molar-refractivity contribution in [2.75, 3.05) is 5.75 Å². The number of nitrogens with two attached hydrogens (primary N) is 2. The molecule has 0 fully saturated rings. The van der Waals surface area contributed by atoms with Crippen LogP contribution in [-0.4, -0.2) is 56.0 Å². The van der Waals surface area contributed by atoms with Crippen LogP contribution >= 0.6 is 12.6 Å². The molecule has 0 spiro atoms. The number of hydrogen-bond donors (Lipinski definition) is 7. The molecule has 62 heavy (non-hydrogen) atoms. The molecule has 0 saturated carbocycles. The van der Waals surface area contributed by atoms with E-state index in [1.807, 2.05) is 67.5 Å². The quantitative estimate of drug-likeness (QED) is 0.0807. The van der Waals surface area contributed by atoms with E-state index in [0.717, 1.165) is 36.9 Å². The van der Waals surface area contributed by atoms with E-state index in [1.165, 1.54) is 17.5 Å². The fourth-order valence-electron chi connectivity index (χ4n) is 3.78. The molecule has 0 radical (unpaired) electrons. The van der Waals surface area contributed by atoms with Crippen LogP contribution in [0.3, 0.4) is 0 Å². The highest BCUT2D eigenvalue weighted by Gasteiger charge is 2.01. The number of amides is 2. The summed E-state index contributed by atoms with van der Waals surface area (Å²) in [5.74, 6) is 3.90. The second kappa shape index (κ2) is 46.9. The topological polar surface area (TPSA) is 201 Å². The molecule has 0 bridgehead atoms. The number of rotatable bonds is 16. The molecule has 0 aliphatic rings. The van der Waals surface area contributed by atoms with E-state index in [9.17, 15) is 19.2 Å². The van der Waals surface area contributed by atoms with Crippen LogP contribution < -0.4 is 11.5 Å². The summed E-state index contributed by atoms with van der Waals surface area (Å²) in [6, 6.07) is 18.0. The summed E-state index contributed by atoms with van der Waals surface area (Å²) < 4.78 is 0. The summed E-state index contributed by atoms with van der Waals surface area (Å²) in [7, 11) is 0. The van der Waals surface area contributed by atoms with Crippen LogP contribution in [0.25, 0.3) is 0 Å². The summed E-state index contributed by atoms with van der Waals surface area (Å²) in [5.41, 5.74) is 12.5. The van der Waals surface area contributed by atoms with E-state index in [2.05, 4.69) is 98.4 Å². The standard InChI is InChI=1S/C10H14O.C10H14.C6H13NO.C6H12O2.C5H11NO.C5H10O2.C5H12O.C4H10S/c1-8(2)7-9-3-5-10(11)6-4-9;1-9(2)8-10-6-4-3-5-7-10;2*1-5(2)3-4-6(7)8;2*1-4(2)3-5(6)7;1-4(2)5(3)6;1-4(2)3-5/h3-6,8,11H,7H2,1-2H3;3-7,9H,8H2,1-2H3;5H,3-4H2,1-2H3,(H2,7,8);5H,3-4H2,1-2H3,(H,7,8);4H,3H2,1-2H3,(H2,6,7);4H,3H2,1-2H3,(H,6,7);4-6H,1-3H3;4-5H,3H2,1-2H3. The monoisotopic (exact) mass is 897 g/mol. The van der Waals surface area contributed by atoms with Crippen molar-refractivity contribution >= 4 is 36.4 Å². The first-order valence-corrected chi connectivity index (χ1v) is 23.1. The van der Waals surface area contributed by atoms with Gasteiger partial charge in [0.25, 0.3) is 0 Å². The number of thiol groups is 1. The van der Waals surface area contributed by atoms with Gasteiger partial charge in [0, 0.05) is 25.7 Å². The first-order chi connectivity index (χ1) is 28.4. The Labute approximate surface area is 385 Å². The van der Waals surface area contributed by atoms with Crippen LogP contribution in [0.1, 0.15) is 167 Å². The largest absolute Gasteiger partial charge is 0.508 e. The highest BCUT2D eigenvalue weighted by atomic mass is 32.1. The normalized spacial score (nSPS) is 10.5. The van der Waals surface area contributed by atoms with Gasteiger partial charge in [0.05, 0.1) is 6.10 Å². The summed E-state index contributed by atoms with van der Waals surface area (Å²) in [4.78, 5) is 39.9. The summed E-state index contributed by atoms with van der Waals surface area (Å²) in [6.07, 6.45) is 5.44. The van der Waals surface area contributed by atoms with Gasteiger partial charge in [-0.3, -0.25) is 19.2 Å². The Balaban J connectivity index is -0.000000146. The van der Waals surface area contributed by atoms with Gasteiger partial charge in [-0.1, -0.05) is 153 Å². The third-order valence-corrected chi connectivity index (χ3v) is 8.22. The van der Waals surface area contributed by atoms with Crippen LogP contribution in [0, 0.1) is 47.3 Å². The lowest BCUT2D eigenvalue weighted by molar-refractivity contribution is -0.138. The van der Waals surface area contributed by atoms with E-state index in [4.69, 9.17) is 31.9 Å². The summed E-state index contributed by atoms with van der Waals surface area (Å²) in [6.45, 7) is 34.8. The maximum absolute atomic E-state index is 10.1. The second-order valence-corrected chi connectivity index (χ2v) is 19.1. The van der Waals surface area contributed by atoms with Gasteiger partial charge in [-0.2, -0.15) is 12.6 Å². The van der Waals surface area contributed by atoms with E-state index >= 15 is 0 Å². The van der Waals surface area contributed by atoms with Crippen molar-refractivity contribution in [1.29, 1.82) is 0 Å². The van der Waals surface area contributed by atoms with Crippen LogP contribution in [0.5, 0.6) is 5.75 Å². The van der Waals surface area contributed by atoms with Crippen LogP contribution in [0.4, 0.5) is 0 Å². The maximum atomic E-state index is 10.1. The molecule has 1 unspecified atom stereocenters. The van der Waals surface area contributed by atoms with Crippen molar-refractivity contribution in [3.05, 3.63) is 65.7 Å². The molecule has 0 heterocycles. The zero-order chi connectivity index (χ0) is 50.0. The first kappa shape index (κ1) is 70.1. The molecule has 2 aromatic carbocycles. The molecule has 2 rings (SSSR count). The van der Waals surface area contributed by atoms with E-state index < -0.39 is 11.9 Å². The number of aromatic hydroxyl groups is 1. The predicted molar refractivity (Wildman–Crippen MR) is 268 cm³/mol. The van der Waals surface area contributed by atoms with Gasteiger partial charge in [0.2, 0.25) is 11.8 Å². The van der Waals surface area contributed by atoms with Gasteiger partial charge in [-0.05, 0) is 109 Å². The number of carboxylic acid groups (broad SMARTS) is 2. The number of benzene rings is 2. The molecule has 1 atom stereocenters. The minimum Gasteiger partial charge on any atom is -0.508 e. The number of aliphatic hydroxyl groups is 1. The molecule has 0 aliphatic carbocycles. The summed E-state index contributed by atoms with van der Waals surface area (Å²) >= 11 is 4.02. The Bertz CT molecular complexity index is 1250. The lowest BCUT2D eigenvalue weighted by Crippen LogP contribution is -2.12. The smallest absolute Gasteiger partial charge is 0.303 e. The van der Waals surface area contributed by atoms with Crippen molar-refractivity contribution in [3.8, 4) is 5.75 Å². The molecule has 10 nitrogen and oxygen atoms in total. The number of carbonyl (C=O) groups excluding carboxylic acids is 2. The number of aliphatic carboxylic acids is 2. The SMILES string of the molecule is CC(C)C(C)O.CC(C)CC(=O)O.CC(C)CC(N)=O.CC(C)CCC(=O)O.CC(C)CCC(N)=O.CC(C)CS.CC(C)Cc1ccc(O)cc1.CC(C)Cc1ccccc1. The third-order valence-electron chi connectivity index (χ3n) is 7.49. The Hall–Kier alpha value is -3.57. The fourth-order valence-corrected chi connectivity index (χ4v) is 3.78. The van der Waals surface area contributed by atoms with Gasteiger partial charge in [0.15, 0.2) is 0 Å². The zero-order valence-corrected chi connectivity index (χ0v) is 43.2. The van der Waals surface area contributed by atoms with E-state index in [-0.39, 0.29) is 30.3 Å². The predicted octanol–water partition coefficient (Wildman–Crippen LogP) is 12.1. The Morgan fingerprint density at radius 2 is 0.855 bits per heavy atom. The highest BCUT2D eigenvalue weighted by Crippen LogP contribution is 2.13. The molecule has 0 aromatic heterocycles. The van der Waals surface area contributed by atoms with Crippen LogP contribution in [-0.2, 0) is 32.0 Å². The number of primary amides is 2. The van der Waals surface area contributed by atoms with E-state index in [0.29, 0.717) is 54.6 Å². The third kappa shape index (κ3) is 80.4. The molecule has 364 valence electrons. The number of carboxylic acids is 2. The van der Waals surface area contributed by atoms with Crippen molar-refractivity contribution in [2.45, 2.75) is 175 Å². The second-order valence-electron chi connectivity index (χ2n) is 18.7. The van der Waals surface area contributed by atoms with Crippen LogP contribution in [0.2, 0.25) is 0 Å². The van der Waals surface area contributed by atoms with Gasteiger partial charge in [-0.15, -0.1) is 0 Å². The van der Waals surface area contributed by atoms with Gasteiger partial charge in [-0.25, -0.2) is 0 Å². The number of phenols is 1. The highest BCUT2D eigenvalue weighted by molar-refractivity contribution is 7.80. The van der Waals surface area contributed by atoms with E-state index in [1.54, 1.807) is 19.1 Å². The van der Waals surface area contributed by atoms with Crippen molar-refractivity contribution < 1.29 is 39.6 Å². The number of aliphatic hydroxyl groups excluding tert-OH is 1. The molecule has 2 amide bonds. The summed E-state index contributed by atoms with van der Waals surface area (Å²) in [5, 5.41) is 33.9. The van der Waals surface area contributed by atoms with Crippen LogP contribution in [0.15, 0.2) is 54.6 Å². The Morgan fingerprint density at radius 3 is 1.03 bits per heavy atom.